The zero-order valence-electron chi connectivity index (χ0n) is 32.9. The van der Waals surface area contributed by atoms with Gasteiger partial charge in [-0.05, 0) is 83.0 Å². The van der Waals surface area contributed by atoms with Crippen LogP contribution in [0.5, 0.6) is 11.8 Å². The molecule has 5 aliphatic rings. The highest BCUT2D eigenvalue weighted by molar-refractivity contribution is 6.04. The number of ether oxygens (including phenoxy) is 4. The lowest BCUT2D eigenvalue weighted by atomic mass is 9.91. The number of fused-ring (bicyclic) bond motifs is 7. The van der Waals surface area contributed by atoms with Crippen LogP contribution in [0.15, 0.2) is 24.3 Å². The lowest BCUT2D eigenvalue weighted by Crippen LogP contribution is -2.62. The topological polar surface area (TPSA) is 102 Å². The van der Waals surface area contributed by atoms with E-state index in [2.05, 4.69) is 15.7 Å². The Morgan fingerprint density at radius 1 is 1.07 bits per heavy atom. The monoisotopic (exact) mass is 784 g/mol. The van der Waals surface area contributed by atoms with E-state index in [1.54, 1.807) is 18.2 Å². The van der Waals surface area contributed by atoms with Gasteiger partial charge < -0.3 is 23.8 Å². The molecule has 7 heterocycles. The van der Waals surface area contributed by atoms with Gasteiger partial charge in [-0.2, -0.15) is 9.97 Å². The fourth-order valence-corrected chi connectivity index (χ4v) is 10.2. The van der Waals surface area contributed by atoms with E-state index < -0.39 is 28.9 Å². The van der Waals surface area contributed by atoms with Crippen LogP contribution in [0.2, 0.25) is 0 Å². The van der Waals surface area contributed by atoms with E-state index in [0.29, 0.717) is 59.4 Å². The van der Waals surface area contributed by atoms with Crippen molar-refractivity contribution in [1.82, 2.24) is 24.8 Å². The Hall–Kier alpha value is -4.87. The number of benzene rings is 2. The van der Waals surface area contributed by atoms with Crippen molar-refractivity contribution in [3.63, 3.8) is 0 Å². The molecule has 57 heavy (non-hydrogen) atoms. The number of terminal acetylenes is 1. The summed E-state index contributed by atoms with van der Waals surface area (Å²) in [7, 11) is 1.49. The van der Waals surface area contributed by atoms with E-state index in [4.69, 9.17) is 40.3 Å². The van der Waals surface area contributed by atoms with Crippen molar-refractivity contribution in [3.8, 4) is 35.4 Å². The molecule has 0 aliphatic carbocycles. The number of pyridine rings is 1. The van der Waals surface area contributed by atoms with E-state index in [9.17, 15) is 9.18 Å². The summed E-state index contributed by atoms with van der Waals surface area (Å²) in [4.78, 5) is 34.8. The Kier molecular flexibility index (Phi) is 9.19. The van der Waals surface area contributed by atoms with Gasteiger partial charge in [0, 0.05) is 43.5 Å². The highest BCUT2D eigenvalue weighted by Gasteiger charge is 2.53. The minimum absolute atomic E-state index is 0.00462. The summed E-state index contributed by atoms with van der Waals surface area (Å²) < 4.78 is 71.2. The Labute approximate surface area is 329 Å². The van der Waals surface area contributed by atoms with Crippen molar-refractivity contribution in [2.24, 2.45) is 0 Å². The van der Waals surface area contributed by atoms with Gasteiger partial charge in [-0.25, -0.2) is 22.9 Å². The molecule has 4 saturated heterocycles. The maximum atomic E-state index is 17.7. The van der Waals surface area contributed by atoms with Crippen molar-refractivity contribution < 1.29 is 36.9 Å². The zero-order valence-corrected chi connectivity index (χ0v) is 32.9. The van der Waals surface area contributed by atoms with Crippen LogP contribution < -0.4 is 14.4 Å². The zero-order chi connectivity index (χ0) is 40.0. The molecule has 0 spiro atoms. The Morgan fingerprint density at radius 3 is 2.67 bits per heavy atom. The van der Waals surface area contributed by atoms with Crippen LogP contribution in [0.3, 0.4) is 0 Å². The predicted molar refractivity (Wildman–Crippen MR) is 208 cm³/mol. The maximum absolute atomic E-state index is 17.7. The van der Waals surface area contributed by atoms with Gasteiger partial charge in [0.2, 0.25) is 0 Å². The smallest absolute Gasteiger partial charge is 0.410 e. The number of methoxy groups -OCH3 is 1. The average molecular weight is 785 g/mol. The number of amides is 1. The normalized spacial score (nSPS) is 26.7. The van der Waals surface area contributed by atoms with Gasteiger partial charge in [-0.1, -0.05) is 18.9 Å². The molecule has 4 fully saturated rings. The number of alkyl halides is 1. The molecule has 1 amide bonds. The molecule has 14 heteroatoms. The summed E-state index contributed by atoms with van der Waals surface area (Å²) >= 11 is 0. The summed E-state index contributed by atoms with van der Waals surface area (Å²) in [6.07, 6.45) is 8.74. The molecule has 2 bridgehead atoms. The molecule has 11 nitrogen and oxygen atoms in total. The molecule has 300 valence electrons. The molecule has 6 atom stereocenters. The number of carbonyl (C=O) groups is 1. The Bertz CT molecular complexity index is 2330. The van der Waals surface area contributed by atoms with E-state index >= 15 is 8.78 Å². The third kappa shape index (κ3) is 6.29. The van der Waals surface area contributed by atoms with Gasteiger partial charge in [-0.15, -0.1) is 6.42 Å². The highest BCUT2D eigenvalue weighted by Crippen LogP contribution is 2.49. The van der Waals surface area contributed by atoms with Gasteiger partial charge in [0.1, 0.15) is 47.0 Å². The number of anilines is 1. The van der Waals surface area contributed by atoms with Crippen LogP contribution >= 0.6 is 0 Å². The van der Waals surface area contributed by atoms with Crippen molar-refractivity contribution in [2.45, 2.75) is 108 Å². The fourth-order valence-electron chi connectivity index (χ4n) is 10.2. The molecule has 0 unspecified atom stereocenters. The molecule has 9 rings (SSSR count). The van der Waals surface area contributed by atoms with E-state index in [-0.39, 0.29) is 71.9 Å². The van der Waals surface area contributed by atoms with Crippen LogP contribution in [0.4, 0.5) is 23.8 Å². The molecule has 0 N–H and O–H groups in total. The third-order valence-electron chi connectivity index (χ3n) is 12.5. The molecule has 0 radical (unpaired) electrons. The quantitative estimate of drug-likeness (QED) is 0.138. The second-order valence-corrected chi connectivity index (χ2v) is 17.3. The summed E-state index contributed by atoms with van der Waals surface area (Å²) in [5, 5.41) is 1.28. The number of hydrogen-bond donors (Lipinski definition) is 0. The number of piperazine rings is 1. The van der Waals surface area contributed by atoms with Gasteiger partial charge in [0.15, 0.2) is 12.6 Å². The average Bonchev–Trinajstić information content (AvgIpc) is 3.79. The first-order valence-corrected chi connectivity index (χ1v) is 19.8. The standard InChI is InChI=1S/C43H47F3N6O5/c1-7-28-30(45)11-9-24-16-27(56-22-54-6)17-29(33(24)28)37-35(46)38-34-36(47-37)23(2)15-32-31-12-10-26(52(31)41(53)57-42(3,4)5)20-51(32)39(34)49-40(48-38)55-21-43-13-8-14-50(43)19-25(44)18-43/h1,9,11,16-17,23,25-26,31-32H,8,10,12-15,18-22H2,2-6H3/t23-,25+,26+,31-,32+,43-/m0/s1. The number of aromatic nitrogens is 3. The van der Waals surface area contributed by atoms with Crippen LogP contribution in [0.1, 0.15) is 83.4 Å². The summed E-state index contributed by atoms with van der Waals surface area (Å²) in [6.45, 7) is 9.26. The van der Waals surface area contributed by atoms with Gasteiger partial charge in [-0.3, -0.25) is 9.80 Å². The summed E-state index contributed by atoms with van der Waals surface area (Å²) in [6, 6.07) is 5.53. The van der Waals surface area contributed by atoms with E-state index in [1.165, 1.54) is 13.2 Å². The third-order valence-corrected chi connectivity index (χ3v) is 12.5. The SMILES string of the molecule is C#Cc1c(F)ccc2cc(OCOC)cc(-c3nc4c5c(nc(OC[C@@]67CCCN6C[C@H](F)C7)nc5c3F)N3C[C@H]5CC[C@@H]([C@H]3C[C@@H]4C)N5C(=O)OC(C)(C)C)c12. The van der Waals surface area contributed by atoms with Crippen LogP contribution in [0, 0.1) is 24.0 Å². The first kappa shape index (κ1) is 37.7. The first-order chi connectivity index (χ1) is 27.3. The second-order valence-electron chi connectivity index (χ2n) is 17.3. The van der Waals surface area contributed by atoms with Crippen molar-refractivity contribution in [3.05, 3.63) is 47.2 Å². The Morgan fingerprint density at radius 2 is 1.89 bits per heavy atom. The van der Waals surface area contributed by atoms with Gasteiger partial charge in [0.25, 0.3) is 0 Å². The van der Waals surface area contributed by atoms with Gasteiger partial charge >= 0.3 is 12.1 Å². The van der Waals surface area contributed by atoms with Crippen molar-refractivity contribution in [2.75, 3.05) is 45.0 Å². The van der Waals surface area contributed by atoms with Crippen molar-refractivity contribution in [1.29, 1.82) is 0 Å². The largest absolute Gasteiger partial charge is 0.468 e. The minimum atomic E-state index is -0.958. The van der Waals surface area contributed by atoms with Gasteiger partial charge in [0.05, 0.1) is 40.3 Å². The number of rotatable bonds is 7. The molecular weight excluding hydrogens is 738 g/mol. The number of hydrogen-bond acceptors (Lipinski definition) is 10. The number of halogens is 3. The lowest BCUT2D eigenvalue weighted by molar-refractivity contribution is 0.00691. The van der Waals surface area contributed by atoms with E-state index in [1.807, 2.05) is 32.6 Å². The minimum Gasteiger partial charge on any atom is -0.468 e. The van der Waals surface area contributed by atoms with Crippen LogP contribution in [-0.2, 0) is 9.47 Å². The molecule has 2 aromatic carbocycles. The maximum Gasteiger partial charge on any atom is 0.410 e. The molecule has 0 saturated carbocycles. The molecular formula is C43H47F3N6O5. The summed E-state index contributed by atoms with van der Waals surface area (Å²) in [5.74, 6) is 1.64. The highest BCUT2D eigenvalue weighted by atomic mass is 19.1. The Balaban J connectivity index is 1.23. The summed E-state index contributed by atoms with van der Waals surface area (Å²) in [5.41, 5.74) is -0.494. The fraction of sp³-hybridized carbons (Fsp3) is 0.535. The molecule has 5 aliphatic heterocycles. The van der Waals surface area contributed by atoms with Crippen LogP contribution in [-0.4, -0.2) is 106 Å². The molecule has 2 aromatic heterocycles. The molecule has 4 aromatic rings. The number of nitrogens with zero attached hydrogens (tertiary/aromatic N) is 6. The predicted octanol–water partition coefficient (Wildman–Crippen LogP) is 7.51. The van der Waals surface area contributed by atoms with E-state index in [0.717, 1.165) is 32.2 Å². The first-order valence-electron chi connectivity index (χ1n) is 19.8. The lowest BCUT2D eigenvalue weighted by Gasteiger charge is -2.47. The van der Waals surface area contributed by atoms with Crippen molar-refractivity contribution >= 4 is 33.6 Å². The second kappa shape index (κ2) is 13.9. The van der Waals surface area contributed by atoms with Crippen LogP contribution in [0.25, 0.3) is 32.9 Å². The number of carbonyl (C=O) groups excluding carboxylic acids is 1.